The second kappa shape index (κ2) is 8.99. The average Bonchev–Trinajstić information content (AvgIpc) is 3.42. The number of nitrogens with one attached hydrogen (secondary N) is 1. The van der Waals surface area contributed by atoms with Crippen LogP contribution in [-0.4, -0.2) is 32.6 Å². The van der Waals surface area contributed by atoms with Crippen LogP contribution < -0.4 is 5.32 Å². The standard InChI is InChI=1S/C26H20N4O3S/c1-16-6-2-3-8-20(16)24-29-19(15-34-24)13-28-23(31)17-9-10-21-22(12-17)26(33)30(25(21)32)14-18-7-4-5-11-27-18/h2-12,15H,13-14H2,1H3,(H,28,31). The van der Waals surface area contributed by atoms with Gasteiger partial charge in [-0.15, -0.1) is 11.3 Å². The van der Waals surface area contributed by atoms with Gasteiger partial charge in [0.1, 0.15) is 5.01 Å². The van der Waals surface area contributed by atoms with Gasteiger partial charge in [-0.3, -0.25) is 24.3 Å². The van der Waals surface area contributed by atoms with Crippen LogP contribution in [0.3, 0.4) is 0 Å². The van der Waals surface area contributed by atoms with Crippen molar-refractivity contribution >= 4 is 29.1 Å². The van der Waals surface area contributed by atoms with Gasteiger partial charge in [0.2, 0.25) is 0 Å². The molecule has 0 spiro atoms. The Kier molecular flexibility index (Phi) is 5.73. The van der Waals surface area contributed by atoms with Gasteiger partial charge in [-0.05, 0) is 42.8 Å². The number of amides is 3. The molecule has 34 heavy (non-hydrogen) atoms. The molecule has 0 atom stereocenters. The molecule has 8 heteroatoms. The molecular formula is C26H20N4O3S. The SMILES string of the molecule is Cc1ccccc1-c1nc(CNC(=O)c2ccc3c(c2)C(=O)N(Cc2ccccn2)C3=O)cs1. The first-order valence-electron chi connectivity index (χ1n) is 10.7. The fourth-order valence-corrected chi connectivity index (χ4v) is 4.74. The van der Waals surface area contributed by atoms with Crippen LogP contribution in [0.25, 0.3) is 10.6 Å². The predicted octanol–water partition coefficient (Wildman–Crippen LogP) is 4.24. The maximum absolute atomic E-state index is 12.9. The van der Waals surface area contributed by atoms with E-state index in [1.807, 2.05) is 36.6 Å². The first kappa shape index (κ1) is 21.7. The first-order chi connectivity index (χ1) is 16.5. The third-order valence-corrected chi connectivity index (χ3v) is 6.56. The van der Waals surface area contributed by atoms with Crippen LogP contribution in [-0.2, 0) is 13.1 Å². The highest BCUT2D eigenvalue weighted by atomic mass is 32.1. The topological polar surface area (TPSA) is 92.3 Å². The van der Waals surface area contributed by atoms with Crippen molar-refractivity contribution in [1.82, 2.24) is 20.2 Å². The van der Waals surface area contributed by atoms with E-state index in [1.165, 1.54) is 23.5 Å². The van der Waals surface area contributed by atoms with Crippen molar-refractivity contribution in [2.75, 3.05) is 0 Å². The lowest BCUT2D eigenvalue weighted by atomic mass is 10.1. The van der Waals surface area contributed by atoms with Crippen LogP contribution in [0, 0.1) is 6.92 Å². The molecule has 0 fully saturated rings. The number of imide groups is 1. The maximum atomic E-state index is 12.9. The van der Waals surface area contributed by atoms with Gasteiger partial charge in [-0.2, -0.15) is 0 Å². The van der Waals surface area contributed by atoms with Gasteiger partial charge < -0.3 is 5.32 Å². The molecule has 3 amide bonds. The summed E-state index contributed by atoms with van der Waals surface area (Å²) in [6.07, 6.45) is 1.61. The van der Waals surface area contributed by atoms with Gasteiger partial charge >= 0.3 is 0 Å². The fourth-order valence-electron chi connectivity index (χ4n) is 3.83. The molecule has 1 aliphatic rings. The molecule has 0 unspecified atom stereocenters. The minimum Gasteiger partial charge on any atom is -0.346 e. The Morgan fingerprint density at radius 1 is 0.941 bits per heavy atom. The average molecular weight is 469 g/mol. The number of carbonyl (C=O) groups is 3. The van der Waals surface area contributed by atoms with E-state index in [0.29, 0.717) is 16.8 Å². The number of aryl methyl sites for hydroxylation is 1. The van der Waals surface area contributed by atoms with Crippen LogP contribution in [0.2, 0.25) is 0 Å². The number of fused-ring (bicyclic) bond motifs is 1. The molecule has 2 aromatic carbocycles. The van der Waals surface area contributed by atoms with Crippen molar-refractivity contribution in [3.8, 4) is 10.6 Å². The van der Waals surface area contributed by atoms with E-state index in [0.717, 1.165) is 26.7 Å². The van der Waals surface area contributed by atoms with E-state index >= 15 is 0 Å². The zero-order chi connectivity index (χ0) is 23.7. The van der Waals surface area contributed by atoms with Crippen molar-refractivity contribution in [1.29, 1.82) is 0 Å². The molecule has 4 aromatic rings. The molecule has 7 nitrogen and oxygen atoms in total. The Hall–Kier alpha value is -4.17. The molecule has 0 aliphatic carbocycles. The Labute approximate surface area is 200 Å². The van der Waals surface area contributed by atoms with E-state index in [4.69, 9.17) is 0 Å². The summed E-state index contributed by atoms with van der Waals surface area (Å²) in [6, 6.07) is 17.9. The summed E-state index contributed by atoms with van der Waals surface area (Å²) >= 11 is 1.53. The number of aromatic nitrogens is 2. The van der Waals surface area contributed by atoms with E-state index < -0.39 is 5.91 Å². The number of hydrogen-bond donors (Lipinski definition) is 1. The van der Waals surface area contributed by atoms with Crippen molar-refractivity contribution in [2.45, 2.75) is 20.0 Å². The van der Waals surface area contributed by atoms with Crippen molar-refractivity contribution in [3.63, 3.8) is 0 Å². The minimum absolute atomic E-state index is 0.0851. The smallest absolute Gasteiger partial charge is 0.261 e. The van der Waals surface area contributed by atoms with E-state index in [2.05, 4.69) is 15.3 Å². The molecule has 0 bridgehead atoms. The normalized spacial score (nSPS) is 12.7. The largest absolute Gasteiger partial charge is 0.346 e. The van der Waals surface area contributed by atoms with Gasteiger partial charge in [-0.25, -0.2) is 4.98 Å². The molecule has 0 radical (unpaired) electrons. The Balaban J connectivity index is 1.28. The van der Waals surface area contributed by atoms with Crippen molar-refractivity contribution < 1.29 is 14.4 Å². The van der Waals surface area contributed by atoms with E-state index in [9.17, 15) is 14.4 Å². The molecule has 1 N–H and O–H groups in total. The maximum Gasteiger partial charge on any atom is 0.261 e. The number of pyridine rings is 1. The molecule has 2 aromatic heterocycles. The number of rotatable bonds is 6. The summed E-state index contributed by atoms with van der Waals surface area (Å²) in [7, 11) is 0. The van der Waals surface area contributed by atoms with Gasteiger partial charge in [0.05, 0.1) is 35.6 Å². The molecule has 0 saturated heterocycles. The summed E-state index contributed by atoms with van der Waals surface area (Å²) in [5.74, 6) is -1.15. The zero-order valence-corrected chi connectivity index (χ0v) is 19.1. The minimum atomic E-state index is -0.428. The lowest BCUT2D eigenvalue weighted by Gasteiger charge is -2.12. The molecule has 168 valence electrons. The van der Waals surface area contributed by atoms with Crippen LogP contribution in [0.1, 0.15) is 48.0 Å². The molecule has 3 heterocycles. The third-order valence-electron chi connectivity index (χ3n) is 5.64. The summed E-state index contributed by atoms with van der Waals surface area (Å²) in [5, 5.41) is 5.67. The third kappa shape index (κ3) is 4.11. The number of carbonyl (C=O) groups excluding carboxylic acids is 3. The quantitative estimate of drug-likeness (QED) is 0.428. The number of nitrogens with zero attached hydrogens (tertiary/aromatic N) is 3. The monoisotopic (exact) mass is 468 g/mol. The van der Waals surface area contributed by atoms with Crippen LogP contribution in [0.5, 0.6) is 0 Å². The Morgan fingerprint density at radius 3 is 2.53 bits per heavy atom. The lowest BCUT2D eigenvalue weighted by Crippen LogP contribution is -2.29. The highest BCUT2D eigenvalue weighted by Gasteiger charge is 2.36. The fraction of sp³-hybridized carbons (Fsp3) is 0.115. The second-order valence-electron chi connectivity index (χ2n) is 7.92. The summed E-state index contributed by atoms with van der Waals surface area (Å²) < 4.78 is 0. The zero-order valence-electron chi connectivity index (χ0n) is 18.3. The lowest BCUT2D eigenvalue weighted by molar-refractivity contribution is 0.0640. The van der Waals surface area contributed by atoms with Gasteiger partial charge in [0.15, 0.2) is 0 Å². The summed E-state index contributed by atoms with van der Waals surface area (Å²) in [4.78, 5) is 48.3. The van der Waals surface area contributed by atoms with Crippen molar-refractivity contribution in [3.05, 3.63) is 106 Å². The Bertz CT molecular complexity index is 1410. The van der Waals surface area contributed by atoms with E-state index in [-0.39, 0.29) is 30.5 Å². The van der Waals surface area contributed by atoms with Gasteiger partial charge in [0.25, 0.3) is 17.7 Å². The number of thiazole rings is 1. The van der Waals surface area contributed by atoms with Gasteiger partial charge in [-0.1, -0.05) is 30.3 Å². The van der Waals surface area contributed by atoms with Crippen molar-refractivity contribution in [2.24, 2.45) is 0 Å². The van der Waals surface area contributed by atoms with E-state index in [1.54, 1.807) is 30.5 Å². The van der Waals surface area contributed by atoms with Gasteiger partial charge in [0, 0.05) is 22.7 Å². The Morgan fingerprint density at radius 2 is 1.74 bits per heavy atom. The first-order valence-corrected chi connectivity index (χ1v) is 11.6. The summed E-state index contributed by atoms with van der Waals surface area (Å²) in [6.45, 7) is 2.38. The molecule has 5 rings (SSSR count). The van der Waals surface area contributed by atoms with Crippen LogP contribution >= 0.6 is 11.3 Å². The number of benzene rings is 2. The predicted molar refractivity (Wildman–Crippen MR) is 128 cm³/mol. The van der Waals surface area contributed by atoms with Crippen LogP contribution in [0.4, 0.5) is 0 Å². The highest BCUT2D eigenvalue weighted by Crippen LogP contribution is 2.27. The molecule has 1 aliphatic heterocycles. The second-order valence-corrected chi connectivity index (χ2v) is 8.78. The highest BCUT2D eigenvalue weighted by molar-refractivity contribution is 7.13. The number of hydrogen-bond acceptors (Lipinski definition) is 6. The summed E-state index contributed by atoms with van der Waals surface area (Å²) in [5.41, 5.74) is 4.41. The molecular weight excluding hydrogens is 448 g/mol. The molecule has 0 saturated carbocycles. The van der Waals surface area contributed by atoms with Crippen LogP contribution in [0.15, 0.2) is 72.2 Å².